The van der Waals surface area contributed by atoms with Gasteiger partial charge in [-0.25, -0.2) is 8.42 Å². The van der Waals surface area contributed by atoms with Gasteiger partial charge in [0.05, 0.1) is 30.5 Å². The number of nitrogens with zero attached hydrogens (tertiary/aromatic N) is 1. The number of carbonyl (C=O) groups excluding carboxylic acids is 1. The standard InChI is InChI=1S/C25H28N2O6S/c1-5-27(34(29,30)22-13-6-18(2)7-14-22)19-8-10-20(11-9-19)33-17-25(28)26-23-16-21(31-3)12-15-24(23)32-4/h6-16H,5,17H2,1-4H3,(H,26,28). The fourth-order valence-corrected chi connectivity index (χ4v) is 4.76. The second-order valence-corrected chi connectivity index (χ2v) is 9.24. The molecule has 3 rings (SSSR count). The van der Waals surface area contributed by atoms with E-state index >= 15 is 0 Å². The predicted octanol–water partition coefficient (Wildman–Crippen LogP) is 4.24. The lowest BCUT2D eigenvalue weighted by Crippen LogP contribution is -2.30. The fourth-order valence-electron chi connectivity index (χ4n) is 3.28. The van der Waals surface area contributed by atoms with Gasteiger partial charge in [-0.1, -0.05) is 17.7 Å². The van der Waals surface area contributed by atoms with Crippen molar-refractivity contribution in [3.8, 4) is 17.2 Å². The summed E-state index contributed by atoms with van der Waals surface area (Å²) in [5.74, 6) is 1.12. The highest BCUT2D eigenvalue weighted by Crippen LogP contribution is 2.29. The third kappa shape index (κ3) is 5.79. The number of nitrogens with one attached hydrogen (secondary N) is 1. The largest absolute Gasteiger partial charge is 0.497 e. The van der Waals surface area contributed by atoms with E-state index in [9.17, 15) is 13.2 Å². The average Bonchev–Trinajstić information content (AvgIpc) is 2.84. The summed E-state index contributed by atoms with van der Waals surface area (Å²) in [4.78, 5) is 12.6. The van der Waals surface area contributed by atoms with Crippen LogP contribution in [0.2, 0.25) is 0 Å². The molecule has 3 aromatic rings. The predicted molar refractivity (Wildman–Crippen MR) is 131 cm³/mol. The maximum Gasteiger partial charge on any atom is 0.264 e. The van der Waals surface area contributed by atoms with E-state index in [4.69, 9.17) is 14.2 Å². The van der Waals surface area contributed by atoms with Crippen LogP contribution in [0, 0.1) is 6.92 Å². The smallest absolute Gasteiger partial charge is 0.264 e. The number of benzene rings is 3. The topological polar surface area (TPSA) is 94.2 Å². The molecule has 0 spiro atoms. The molecule has 0 saturated heterocycles. The first-order valence-corrected chi connectivity index (χ1v) is 12.1. The van der Waals surface area contributed by atoms with Crippen LogP contribution in [0.15, 0.2) is 71.6 Å². The number of hydrogen-bond donors (Lipinski definition) is 1. The Morgan fingerprint density at radius 1 is 0.912 bits per heavy atom. The quantitative estimate of drug-likeness (QED) is 0.463. The minimum absolute atomic E-state index is 0.227. The van der Waals surface area contributed by atoms with Crippen LogP contribution in [-0.4, -0.2) is 41.7 Å². The average molecular weight is 485 g/mol. The van der Waals surface area contributed by atoms with E-state index < -0.39 is 10.0 Å². The first kappa shape index (κ1) is 24.9. The molecule has 9 heteroatoms. The van der Waals surface area contributed by atoms with Crippen LogP contribution < -0.4 is 23.8 Å². The van der Waals surface area contributed by atoms with Crippen LogP contribution in [0.4, 0.5) is 11.4 Å². The van der Waals surface area contributed by atoms with E-state index in [1.807, 2.05) is 6.92 Å². The Labute approximate surface area is 200 Å². The highest BCUT2D eigenvalue weighted by Gasteiger charge is 2.23. The molecule has 180 valence electrons. The van der Waals surface area contributed by atoms with Gasteiger partial charge in [-0.05, 0) is 62.4 Å². The van der Waals surface area contributed by atoms with Crippen LogP contribution >= 0.6 is 0 Å². The molecule has 34 heavy (non-hydrogen) atoms. The maximum absolute atomic E-state index is 13.1. The zero-order chi connectivity index (χ0) is 24.7. The number of methoxy groups -OCH3 is 2. The van der Waals surface area contributed by atoms with Gasteiger partial charge in [-0.15, -0.1) is 0 Å². The van der Waals surface area contributed by atoms with Crippen molar-refractivity contribution in [2.24, 2.45) is 0 Å². The zero-order valence-corrected chi connectivity index (χ0v) is 20.4. The molecule has 0 unspecified atom stereocenters. The van der Waals surface area contributed by atoms with Crippen molar-refractivity contribution < 1.29 is 27.4 Å². The van der Waals surface area contributed by atoms with Gasteiger partial charge < -0.3 is 19.5 Å². The van der Waals surface area contributed by atoms with Crippen molar-refractivity contribution in [2.75, 3.05) is 37.0 Å². The second kappa shape index (κ2) is 10.9. The summed E-state index contributed by atoms with van der Waals surface area (Å²) in [6.07, 6.45) is 0. The Balaban J connectivity index is 1.66. The van der Waals surface area contributed by atoms with Crippen molar-refractivity contribution in [1.29, 1.82) is 0 Å². The molecule has 0 bridgehead atoms. The molecule has 0 aliphatic rings. The van der Waals surface area contributed by atoms with Crippen LogP contribution in [0.5, 0.6) is 17.2 Å². The fraction of sp³-hybridized carbons (Fsp3) is 0.240. The van der Waals surface area contributed by atoms with Crippen molar-refractivity contribution in [1.82, 2.24) is 0 Å². The molecule has 1 N–H and O–H groups in total. The van der Waals surface area contributed by atoms with Crippen LogP contribution in [0.1, 0.15) is 12.5 Å². The summed E-state index contributed by atoms with van der Waals surface area (Å²) < 4.78 is 43.5. The first-order valence-electron chi connectivity index (χ1n) is 10.6. The molecule has 3 aromatic carbocycles. The van der Waals surface area contributed by atoms with E-state index in [2.05, 4.69) is 5.32 Å². The highest BCUT2D eigenvalue weighted by atomic mass is 32.2. The number of sulfonamides is 1. The van der Waals surface area contributed by atoms with Crippen LogP contribution in [-0.2, 0) is 14.8 Å². The number of rotatable bonds is 10. The minimum Gasteiger partial charge on any atom is -0.497 e. The van der Waals surface area contributed by atoms with E-state index in [0.717, 1.165) is 5.56 Å². The van der Waals surface area contributed by atoms with Gasteiger partial charge in [0, 0.05) is 12.6 Å². The molecule has 0 aromatic heterocycles. The highest BCUT2D eigenvalue weighted by molar-refractivity contribution is 7.92. The monoisotopic (exact) mass is 484 g/mol. The van der Waals surface area contributed by atoms with Gasteiger partial charge in [0.2, 0.25) is 0 Å². The lowest BCUT2D eigenvalue weighted by molar-refractivity contribution is -0.118. The van der Waals surface area contributed by atoms with Crippen molar-refractivity contribution in [3.05, 3.63) is 72.3 Å². The molecule has 0 saturated carbocycles. The molecular weight excluding hydrogens is 456 g/mol. The molecule has 0 atom stereocenters. The number of ether oxygens (including phenoxy) is 3. The number of aryl methyl sites for hydroxylation is 1. The Morgan fingerprint density at radius 3 is 2.15 bits per heavy atom. The number of amides is 1. The van der Waals surface area contributed by atoms with Crippen LogP contribution in [0.25, 0.3) is 0 Å². The van der Waals surface area contributed by atoms with Crippen molar-refractivity contribution >= 4 is 27.3 Å². The SMILES string of the molecule is CCN(c1ccc(OCC(=O)Nc2cc(OC)ccc2OC)cc1)S(=O)(=O)c1ccc(C)cc1. The first-order chi connectivity index (χ1) is 16.3. The van der Waals surface area contributed by atoms with E-state index in [0.29, 0.717) is 28.6 Å². The van der Waals surface area contributed by atoms with Gasteiger partial charge in [0.15, 0.2) is 6.61 Å². The van der Waals surface area contributed by atoms with Gasteiger partial charge in [0.1, 0.15) is 17.2 Å². The van der Waals surface area contributed by atoms with Gasteiger partial charge >= 0.3 is 0 Å². The second-order valence-electron chi connectivity index (χ2n) is 7.38. The molecule has 0 heterocycles. The van der Waals surface area contributed by atoms with E-state index in [1.165, 1.54) is 18.5 Å². The van der Waals surface area contributed by atoms with Gasteiger partial charge in [0.25, 0.3) is 15.9 Å². The maximum atomic E-state index is 13.1. The summed E-state index contributed by atoms with van der Waals surface area (Å²) in [6.45, 7) is 3.70. The Hall–Kier alpha value is -3.72. The summed E-state index contributed by atoms with van der Waals surface area (Å²) in [5, 5.41) is 2.73. The molecule has 0 aliphatic carbocycles. The lowest BCUT2D eigenvalue weighted by atomic mass is 10.2. The summed E-state index contributed by atoms with van der Waals surface area (Å²) in [7, 11) is -0.659. The van der Waals surface area contributed by atoms with E-state index in [1.54, 1.807) is 73.7 Å². The van der Waals surface area contributed by atoms with E-state index in [-0.39, 0.29) is 24.0 Å². The summed E-state index contributed by atoms with van der Waals surface area (Å²) in [6, 6.07) is 18.4. The zero-order valence-electron chi connectivity index (χ0n) is 19.6. The van der Waals surface area contributed by atoms with Crippen LogP contribution in [0.3, 0.4) is 0 Å². The third-order valence-corrected chi connectivity index (χ3v) is 6.99. The summed E-state index contributed by atoms with van der Waals surface area (Å²) >= 11 is 0. The van der Waals surface area contributed by atoms with Crippen molar-refractivity contribution in [3.63, 3.8) is 0 Å². The summed E-state index contributed by atoms with van der Waals surface area (Å²) in [5.41, 5.74) is 1.95. The van der Waals surface area contributed by atoms with Gasteiger partial charge in [-0.2, -0.15) is 0 Å². The van der Waals surface area contributed by atoms with Gasteiger partial charge in [-0.3, -0.25) is 9.10 Å². The molecule has 8 nitrogen and oxygen atoms in total. The number of hydrogen-bond acceptors (Lipinski definition) is 6. The minimum atomic E-state index is -3.70. The molecular formula is C25H28N2O6S. The third-order valence-electron chi connectivity index (χ3n) is 5.07. The van der Waals surface area contributed by atoms with Crippen molar-refractivity contribution in [2.45, 2.75) is 18.7 Å². The normalized spacial score (nSPS) is 10.9. The molecule has 0 aliphatic heterocycles. The Bertz CT molecular complexity index is 1230. The Morgan fingerprint density at radius 2 is 1.56 bits per heavy atom. The molecule has 1 amide bonds. The molecule has 0 radical (unpaired) electrons. The lowest BCUT2D eigenvalue weighted by Gasteiger charge is -2.23. The number of carbonyl (C=O) groups is 1. The Kier molecular flexibility index (Phi) is 8.01. The molecule has 0 fully saturated rings. The number of anilines is 2.